The van der Waals surface area contributed by atoms with E-state index < -0.39 is 0 Å². The number of aromatic nitrogens is 2. The average Bonchev–Trinajstić information content (AvgIpc) is 2.77. The molecular weight excluding hydrogens is 222 g/mol. The molecule has 3 nitrogen and oxygen atoms in total. The molecule has 18 heavy (non-hydrogen) atoms. The van der Waals surface area contributed by atoms with Gasteiger partial charge in [0.1, 0.15) is 0 Å². The molecule has 2 aromatic rings. The Morgan fingerprint density at radius 2 is 1.89 bits per heavy atom. The van der Waals surface area contributed by atoms with E-state index >= 15 is 0 Å². The third kappa shape index (κ3) is 3.20. The van der Waals surface area contributed by atoms with Gasteiger partial charge in [-0.15, -0.1) is 0 Å². The van der Waals surface area contributed by atoms with Gasteiger partial charge in [-0.05, 0) is 50.1 Å². The molecule has 3 heteroatoms. The van der Waals surface area contributed by atoms with E-state index in [1.165, 1.54) is 16.8 Å². The van der Waals surface area contributed by atoms with Gasteiger partial charge in [-0.3, -0.25) is 0 Å². The van der Waals surface area contributed by atoms with Crippen molar-refractivity contribution in [1.29, 1.82) is 0 Å². The van der Waals surface area contributed by atoms with Crippen LogP contribution in [0.1, 0.15) is 30.2 Å². The largest absolute Gasteiger partial charge is 0.311 e. The van der Waals surface area contributed by atoms with Crippen molar-refractivity contribution in [2.24, 2.45) is 0 Å². The summed E-state index contributed by atoms with van der Waals surface area (Å²) >= 11 is 0. The highest BCUT2D eigenvalue weighted by Crippen LogP contribution is 2.14. The van der Waals surface area contributed by atoms with Crippen LogP contribution in [0.2, 0.25) is 0 Å². The second-order valence-electron chi connectivity index (χ2n) is 4.79. The fraction of sp³-hybridized carbons (Fsp3) is 0.400. The molecule has 0 radical (unpaired) electrons. The van der Waals surface area contributed by atoms with E-state index in [1.54, 1.807) is 0 Å². The summed E-state index contributed by atoms with van der Waals surface area (Å²) in [4.78, 5) is 4.42. The Kier molecular flexibility index (Phi) is 4.15. The van der Waals surface area contributed by atoms with Crippen LogP contribution in [-0.2, 0) is 6.54 Å². The van der Waals surface area contributed by atoms with E-state index in [9.17, 15) is 0 Å². The topological polar surface area (TPSA) is 29.9 Å². The summed E-state index contributed by atoms with van der Waals surface area (Å²) in [6, 6.07) is 6.54. The van der Waals surface area contributed by atoms with Crippen LogP contribution in [0.25, 0.3) is 5.69 Å². The molecule has 0 bridgehead atoms. The lowest BCUT2D eigenvalue weighted by atomic mass is 10.1. The minimum Gasteiger partial charge on any atom is -0.311 e. The van der Waals surface area contributed by atoms with Crippen LogP contribution in [-0.4, -0.2) is 16.1 Å². The van der Waals surface area contributed by atoms with Crippen molar-refractivity contribution in [3.05, 3.63) is 47.5 Å². The van der Waals surface area contributed by atoms with Crippen molar-refractivity contribution in [2.45, 2.75) is 33.7 Å². The first-order valence-electron chi connectivity index (χ1n) is 6.51. The van der Waals surface area contributed by atoms with Crippen LogP contribution < -0.4 is 5.32 Å². The summed E-state index contributed by atoms with van der Waals surface area (Å²) in [6.45, 7) is 8.29. The van der Waals surface area contributed by atoms with Crippen LogP contribution >= 0.6 is 0 Å². The highest BCUT2D eigenvalue weighted by Gasteiger charge is 2.01. The smallest absolute Gasteiger partial charge is 0.0995 e. The number of nitrogens with one attached hydrogen (secondary N) is 1. The third-order valence-corrected chi connectivity index (χ3v) is 2.87. The number of rotatable bonds is 5. The molecule has 2 rings (SSSR count). The molecule has 0 saturated heterocycles. The zero-order valence-electron chi connectivity index (χ0n) is 11.4. The van der Waals surface area contributed by atoms with E-state index in [0.29, 0.717) is 0 Å². The SMILES string of the molecule is CCCNCc1cn(-c2cc(C)cc(C)c2)cn1. The van der Waals surface area contributed by atoms with Gasteiger partial charge in [0, 0.05) is 18.4 Å². The summed E-state index contributed by atoms with van der Waals surface area (Å²) in [5.41, 5.74) is 4.83. The number of hydrogen-bond acceptors (Lipinski definition) is 2. The Morgan fingerprint density at radius 3 is 2.56 bits per heavy atom. The molecule has 1 aromatic heterocycles. The van der Waals surface area contributed by atoms with Crippen LogP contribution in [0.5, 0.6) is 0 Å². The second kappa shape index (κ2) is 5.83. The number of imidazole rings is 1. The van der Waals surface area contributed by atoms with Gasteiger partial charge < -0.3 is 9.88 Å². The Labute approximate surface area is 109 Å². The van der Waals surface area contributed by atoms with Crippen molar-refractivity contribution < 1.29 is 0 Å². The third-order valence-electron chi connectivity index (χ3n) is 2.87. The molecule has 1 aromatic carbocycles. The fourth-order valence-electron chi connectivity index (χ4n) is 2.09. The van der Waals surface area contributed by atoms with Crippen molar-refractivity contribution in [3.8, 4) is 5.69 Å². The van der Waals surface area contributed by atoms with Crippen LogP contribution in [0, 0.1) is 13.8 Å². The minimum atomic E-state index is 0.839. The highest BCUT2D eigenvalue weighted by atomic mass is 15.0. The van der Waals surface area contributed by atoms with Crippen LogP contribution in [0.4, 0.5) is 0 Å². The molecule has 0 fully saturated rings. The summed E-state index contributed by atoms with van der Waals surface area (Å²) in [5.74, 6) is 0. The molecule has 0 aliphatic heterocycles. The number of benzene rings is 1. The normalized spacial score (nSPS) is 10.8. The predicted molar refractivity (Wildman–Crippen MR) is 75.0 cm³/mol. The maximum Gasteiger partial charge on any atom is 0.0995 e. The van der Waals surface area contributed by atoms with E-state index in [-0.39, 0.29) is 0 Å². The van der Waals surface area contributed by atoms with Gasteiger partial charge in [0.15, 0.2) is 0 Å². The number of aryl methyl sites for hydroxylation is 2. The van der Waals surface area contributed by atoms with Gasteiger partial charge in [0.05, 0.1) is 12.0 Å². The van der Waals surface area contributed by atoms with E-state index in [0.717, 1.165) is 25.2 Å². The quantitative estimate of drug-likeness (QED) is 0.818. The lowest BCUT2D eigenvalue weighted by Gasteiger charge is -2.05. The Bertz CT molecular complexity index is 494. The summed E-state index contributed by atoms with van der Waals surface area (Å²) in [7, 11) is 0. The highest BCUT2D eigenvalue weighted by molar-refractivity contribution is 5.39. The molecule has 0 unspecified atom stereocenters. The van der Waals surface area contributed by atoms with Crippen molar-refractivity contribution in [1.82, 2.24) is 14.9 Å². The molecule has 1 heterocycles. The van der Waals surface area contributed by atoms with Gasteiger partial charge in [0.25, 0.3) is 0 Å². The zero-order valence-corrected chi connectivity index (χ0v) is 11.4. The number of hydrogen-bond donors (Lipinski definition) is 1. The average molecular weight is 243 g/mol. The molecular formula is C15H21N3. The Balaban J connectivity index is 2.13. The molecule has 0 aliphatic rings. The maximum atomic E-state index is 4.42. The van der Waals surface area contributed by atoms with Crippen LogP contribution in [0.3, 0.4) is 0 Å². The second-order valence-corrected chi connectivity index (χ2v) is 4.79. The first-order chi connectivity index (χ1) is 8.69. The molecule has 0 saturated carbocycles. The number of nitrogens with zero attached hydrogens (tertiary/aromatic N) is 2. The molecule has 96 valence electrons. The molecule has 0 amide bonds. The Morgan fingerprint density at radius 1 is 1.17 bits per heavy atom. The summed E-state index contributed by atoms with van der Waals surface area (Å²) < 4.78 is 2.09. The lowest BCUT2D eigenvalue weighted by Crippen LogP contribution is -2.13. The fourth-order valence-corrected chi connectivity index (χ4v) is 2.09. The molecule has 0 aliphatic carbocycles. The summed E-state index contributed by atoms with van der Waals surface area (Å²) in [5, 5.41) is 3.36. The minimum absolute atomic E-state index is 0.839. The standard InChI is InChI=1S/C15H21N3/c1-4-5-16-9-14-10-18(11-17-14)15-7-12(2)6-13(3)8-15/h6-8,10-11,16H,4-5,9H2,1-3H3. The monoisotopic (exact) mass is 243 g/mol. The first-order valence-corrected chi connectivity index (χ1v) is 6.51. The van der Waals surface area contributed by atoms with E-state index in [2.05, 4.69) is 60.0 Å². The Hall–Kier alpha value is -1.61. The zero-order chi connectivity index (χ0) is 13.0. The molecule has 0 spiro atoms. The van der Waals surface area contributed by atoms with Crippen molar-refractivity contribution >= 4 is 0 Å². The molecule has 0 atom stereocenters. The lowest BCUT2D eigenvalue weighted by molar-refractivity contribution is 0.666. The van der Waals surface area contributed by atoms with Gasteiger partial charge in [0.2, 0.25) is 0 Å². The van der Waals surface area contributed by atoms with E-state index in [4.69, 9.17) is 0 Å². The van der Waals surface area contributed by atoms with Gasteiger partial charge in [-0.25, -0.2) is 4.98 Å². The predicted octanol–water partition coefficient (Wildman–Crippen LogP) is 2.99. The van der Waals surface area contributed by atoms with Gasteiger partial charge >= 0.3 is 0 Å². The van der Waals surface area contributed by atoms with E-state index in [1.807, 2.05) is 6.33 Å². The van der Waals surface area contributed by atoms with Gasteiger partial charge in [-0.1, -0.05) is 13.0 Å². The first kappa shape index (κ1) is 12.8. The van der Waals surface area contributed by atoms with Gasteiger partial charge in [-0.2, -0.15) is 0 Å². The maximum absolute atomic E-state index is 4.42. The van der Waals surface area contributed by atoms with Crippen molar-refractivity contribution in [2.75, 3.05) is 6.54 Å². The summed E-state index contributed by atoms with van der Waals surface area (Å²) in [6.07, 6.45) is 5.13. The van der Waals surface area contributed by atoms with Crippen LogP contribution in [0.15, 0.2) is 30.7 Å². The van der Waals surface area contributed by atoms with Crippen molar-refractivity contribution in [3.63, 3.8) is 0 Å². The molecule has 1 N–H and O–H groups in total.